The van der Waals surface area contributed by atoms with Crippen LogP contribution in [-0.2, 0) is 16.0 Å². The molecule has 0 spiro atoms. The van der Waals surface area contributed by atoms with Crippen LogP contribution in [-0.4, -0.2) is 34.8 Å². The monoisotopic (exact) mass is 288 g/mol. The molecule has 4 heteroatoms. The molecule has 1 fully saturated rings. The first-order valence-electron chi connectivity index (χ1n) is 7.58. The van der Waals surface area contributed by atoms with Gasteiger partial charge in [0.25, 0.3) is 0 Å². The fraction of sp³-hybridized carbons (Fsp3) is 0.529. The van der Waals surface area contributed by atoms with Crippen LogP contribution >= 0.6 is 0 Å². The number of amides is 2. The largest absolute Gasteiger partial charge is 0.342 e. The second kappa shape index (κ2) is 6.29. The Labute approximate surface area is 126 Å². The van der Waals surface area contributed by atoms with E-state index in [9.17, 15) is 9.59 Å². The summed E-state index contributed by atoms with van der Waals surface area (Å²) in [5, 5.41) is 2.86. The zero-order chi connectivity index (χ0) is 15.6. The highest BCUT2D eigenvalue weighted by molar-refractivity contribution is 5.97. The molecule has 1 saturated heterocycles. The number of benzene rings is 1. The molecule has 4 nitrogen and oxygen atoms in total. The molecule has 0 radical (unpaired) electrons. The summed E-state index contributed by atoms with van der Waals surface area (Å²) in [5.41, 5.74) is 1.06. The van der Waals surface area contributed by atoms with Crippen LogP contribution in [0.15, 0.2) is 30.3 Å². The third-order valence-corrected chi connectivity index (χ3v) is 4.35. The summed E-state index contributed by atoms with van der Waals surface area (Å²) >= 11 is 0. The highest BCUT2D eigenvalue weighted by Gasteiger charge is 2.40. The summed E-state index contributed by atoms with van der Waals surface area (Å²) in [5.74, 6) is 0.273. The van der Waals surface area contributed by atoms with Gasteiger partial charge in [-0.1, -0.05) is 44.2 Å². The molecule has 3 atom stereocenters. The summed E-state index contributed by atoms with van der Waals surface area (Å²) in [6.07, 6.45) is 0.541. The Kier molecular flexibility index (Phi) is 4.66. The zero-order valence-electron chi connectivity index (χ0n) is 13.2. The fourth-order valence-electron chi connectivity index (χ4n) is 2.71. The topological polar surface area (TPSA) is 49.4 Å². The van der Waals surface area contributed by atoms with Crippen molar-refractivity contribution in [1.29, 1.82) is 0 Å². The van der Waals surface area contributed by atoms with Crippen molar-refractivity contribution in [2.75, 3.05) is 0 Å². The number of carbonyl (C=O) groups is 2. The summed E-state index contributed by atoms with van der Waals surface area (Å²) in [6.45, 7) is 7.95. The van der Waals surface area contributed by atoms with Crippen molar-refractivity contribution in [3.05, 3.63) is 35.9 Å². The number of rotatable bonds is 4. The average molecular weight is 288 g/mol. The van der Waals surface area contributed by atoms with E-state index in [0.717, 1.165) is 5.56 Å². The molecule has 0 aromatic heterocycles. The van der Waals surface area contributed by atoms with Crippen LogP contribution in [0.5, 0.6) is 0 Å². The second-order valence-electron chi connectivity index (χ2n) is 6.16. The van der Waals surface area contributed by atoms with Crippen molar-refractivity contribution in [2.24, 2.45) is 5.92 Å². The summed E-state index contributed by atoms with van der Waals surface area (Å²) in [7, 11) is 0. The van der Waals surface area contributed by atoms with Gasteiger partial charge in [-0.15, -0.1) is 0 Å². The molecule has 1 heterocycles. The number of nitrogens with zero attached hydrogens (tertiary/aromatic N) is 1. The molecule has 1 N–H and O–H groups in total. The van der Waals surface area contributed by atoms with E-state index in [1.807, 2.05) is 37.3 Å². The first-order valence-corrected chi connectivity index (χ1v) is 7.58. The fourth-order valence-corrected chi connectivity index (χ4v) is 2.71. The molecule has 1 aliphatic rings. The van der Waals surface area contributed by atoms with Crippen LogP contribution in [0.1, 0.15) is 33.3 Å². The first kappa shape index (κ1) is 15.5. The Morgan fingerprint density at radius 3 is 2.33 bits per heavy atom. The predicted octanol–water partition coefficient (Wildman–Crippen LogP) is 1.99. The van der Waals surface area contributed by atoms with Gasteiger partial charge in [0.15, 0.2) is 0 Å². The van der Waals surface area contributed by atoms with Crippen LogP contribution in [0.4, 0.5) is 0 Å². The van der Waals surface area contributed by atoms with Gasteiger partial charge in [-0.25, -0.2) is 0 Å². The lowest BCUT2D eigenvalue weighted by molar-refractivity contribution is -0.152. The van der Waals surface area contributed by atoms with E-state index in [4.69, 9.17) is 0 Å². The van der Waals surface area contributed by atoms with Crippen LogP contribution in [0, 0.1) is 5.92 Å². The molecule has 2 amide bonds. The maximum absolute atomic E-state index is 12.7. The lowest BCUT2D eigenvalue weighted by Gasteiger charge is -2.42. The first-order chi connectivity index (χ1) is 9.91. The molecule has 0 bridgehead atoms. The maximum Gasteiger partial charge on any atom is 0.246 e. The van der Waals surface area contributed by atoms with Gasteiger partial charge in [0, 0.05) is 12.5 Å². The molecule has 1 aromatic carbocycles. The number of hydrogen-bond donors (Lipinski definition) is 1. The number of piperazine rings is 1. The number of hydrogen-bond acceptors (Lipinski definition) is 2. The molecule has 2 rings (SSSR count). The van der Waals surface area contributed by atoms with Crippen LogP contribution in [0.2, 0.25) is 0 Å². The third kappa shape index (κ3) is 3.26. The molecule has 21 heavy (non-hydrogen) atoms. The molecule has 114 valence electrons. The molecule has 1 aliphatic heterocycles. The summed E-state index contributed by atoms with van der Waals surface area (Å²) in [4.78, 5) is 26.7. The van der Waals surface area contributed by atoms with Crippen molar-refractivity contribution in [3.63, 3.8) is 0 Å². The van der Waals surface area contributed by atoms with Gasteiger partial charge in [0.1, 0.15) is 12.1 Å². The van der Waals surface area contributed by atoms with E-state index in [1.54, 1.807) is 11.8 Å². The van der Waals surface area contributed by atoms with E-state index >= 15 is 0 Å². The van der Waals surface area contributed by atoms with Gasteiger partial charge in [-0.3, -0.25) is 9.59 Å². The Morgan fingerprint density at radius 2 is 1.76 bits per heavy atom. The molecule has 1 aromatic rings. The van der Waals surface area contributed by atoms with Gasteiger partial charge in [-0.05, 0) is 25.3 Å². The molecule has 0 aliphatic carbocycles. The van der Waals surface area contributed by atoms with Crippen LogP contribution < -0.4 is 5.32 Å². The highest BCUT2D eigenvalue weighted by Crippen LogP contribution is 2.20. The quantitative estimate of drug-likeness (QED) is 0.921. The SMILES string of the molecule is CC(C)C(C)N1C(=O)C(Cc2ccccc2)NC(=O)C1C. The van der Waals surface area contributed by atoms with Gasteiger partial charge in [0.05, 0.1) is 0 Å². The van der Waals surface area contributed by atoms with Crippen LogP contribution in [0.3, 0.4) is 0 Å². The van der Waals surface area contributed by atoms with E-state index in [2.05, 4.69) is 19.2 Å². The van der Waals surface area contributed by atoms with E-state index in [1.165, 1.54) is 0 Å². The van der Waals surface area contributed by atoms with Crippen molar-refractivity contribution in [2.45, 2.75) is 52.2 Å². The van der Waals surface area contributed by atoms with Gasteiger partial charge >= 0.3 is 0 Å². The Bertz CT molecular complexity index is 513. The minimum atomic E-state index is -0.461. The Balaban J connectivity index is 2.20. The Morgan fingerprint density at radius 1 is 1.14 bits per heavy atom. The highest BCUT2D eigenvalue weighted by atomic mass is 16.2. The lowest BCUT2D eigenvalue weighted by atomic mass is 9.96. The van der Waals surface area contributed by atoms with Crippen molar-refractivity contribution in [1.82, 2.24) is 10.2 Å². The molecular weight excluding hydrogens is 264 g/mol. The van der Waals surface area contributed by atoms with Gasteiger partial charge in [-0.2, -0.15) is 0 Å². The van der Waals surface area contributed by atoms with Crippen molar-refractivity contribution >= 4 is 11.8 Å². The number of carbonyl (C=O) groups excluding carboxylic acids is 2. The van der Waals surface area contributed by atoms with E-state index in [0.29, 0.717) is 12.3 Å². The smallest absolute Gasteiger partial charge is 0.246 e. The normalized spacial score (nSPS) is 24.1. The minimum absolute atomic E-state index is 0.0205. The van der Waals surface area contributed by atoms with E-state index in [-0.39, 0.29) is 17.9 Å². The van der Waals surface area contributed by atoms with Crippen molar-refractivity contribution in [3.8, 4) is 0 Å². The average Bonchev–Trinajstić information content (AvgIpc) is 2.46. The summed E-state index contributed by atoms with van der Waals surface area (Å²) in [6, 6.07) is 8.99. The lowest BCUT2D eigenvalue weighted by Crippen LogP contribution is -2.65. The van der Waals surface area contributed by atoms with Crippen LogP contribution in [0.25, 0.3) is 0 Å². The predicted molar refractivity (Wildman–Crippen MR) is 82.7 cm³/mol. The van der Waals surface area contributed by atoms with Gasteiger partial charge in [0.2, 0.25) is 11.8 Å². The number of nitrogens with one attached hydrogen (secondary N) is 1. The zero-order valence-corrected chi connectivity index (χ0v) is 13.2. The molecule has 0 saturated carbocycles. The third-order valence-electron chi connectivity index (χ3n) is 4.35. The standard InChI is InChI=1S/C17H24N2O2/c1-11(2)12(3)19-13(4)16(20)18-15(17(19)21)10-14-8-6-5-7-9-14/h5-9,11-13,15H,10H2,1-4H3,(H,18,20). The van der Waals surface area contributed by atoms with E-state index < -0.39 is 12.1 Å². The molecule has 3 unspecified atom stereocenters. The Hall–Kier alpha value is -1.84. The van der Waals surface area contributed by atoms with Crippen molar-refractivity contribution < 1.29 is 9.59 Å². The summed E-state index contributed by atoms with van der Waals surface area (Å²) < 4.78 is 0. The maximum atomic E-state index is 12.7. The minimum Gasteiger partial charge on any atom is -0.342 e. The molecular formula is C17H24N2O2. The second-order valence-corrected chi connectivity index (χ2v) is 6.16. The van der Waals surface area contributed by atoms with Gasteiger partial charge < -0.3 is 10.2 Å².